The van der Waals surface area contributed by atoms with Crippen LogP contribution in [0.4, 0.5) is 0 Å². The minimum atomic E-state index is -0.782. The average Bonchev–Trinajstić information content (AvgIpc) is 2.72. The first-order chi connectivity index (χ1) is 15.4. The van der Waals surface area contributed by atoms with Crippen molar-refractivity contribution in [2.45, 2.75) is 110 Å². The number of amides is 1. The van der Waals surface area contributed by atoms with Crippen LogP contribution in [0, 0.1) is 0 Å². The Morgan fingerprint density at radius 1 is 0.750 bits per heavy atom. The molecule has 190 valence electrons. The zero-order chi connectivity index (χ0) is 23.9. The fourth-order valence-electron chi connectivity index (χ4n) is 3.91. The lowest BCUT2D eigenvalue weighted by atomic mass is 10.1. The van der Waals surface area contributed by atoms with Crippen LogP contribution in [0.25, 0.3) is 0 Å². The molecule has 32 heavy (non-hydrogen) atoms. The number of carboxylic acid groups (broad SMARTS) is 1. The topological polar surface area (TPSA) is 66.4 Å². The van der Waals surface area contributed by atoms with E-state index in [1.165, 1.54) is 82.8 Å². The molecule has 0 spiro atoms. The number of carbonyl (C=O) groups is 2. The van der Waals surface area contributed by atoms with Gasteiger partial charge in [-0.25, -0.2) is 4.79 Å². The molecule has 0 saturated carbocycles. The first-order valence-electron chi connectivity index (χ1n) is 13.3. The first kappa shape index (κ1) is 31.2. The van der Waals surface area contributed by atoms with Crippen molar-refractivity contribution in [3.63, 3.8) is 0 Å². The lowest BCUT2D eigenvalue weighted by Crippen LogP contribution is -2.45. The van der Waals surface area contributed by atoms with Crippen LogP contribution in [-0.2, 0) is 9.59 Å². The summed E-state index contributed by atoms with van der Waals surface area (Å²) in [5.74, 6) is 1.76. The third kappa shape index (κ3) is 23.9. The van der Waals surface area contributed by atoms with Crippen molar-refractivity contribution in [1.82, 2.24) is 5.32 Å². The van der Waals surface area contributed by atoms with Crippen molar-refractivity contribution in [2.75, 3.05) is 45.2 Å². The van der Waals surface area contributed by atoms with Gasteiger partial charge in [0.25, 0.3) is 0 Å². The number of unbranched alkanes of at least 4 members (excludes halogenated alkanes) is 12. The monoisotopic (exact) mass is 473 g/mol. The molecule has 0 bridgehead atoms. The van der Waals surface area contributed by atoms with Crippen LogP contribution in [0.2, 0.25) is 0 Å². The van der Waals surface area contributed by atoms with Crippen LogP contribution >= 0.6 is 11.8 Å². The second kappa shape index (κ2) is 22.1. The normalized spacial score (nSPS) is 11.6. The molecule has 0 heterocycles. The molecule has 1 amide bonds. The first-order valence-corrected chi connectivity index (χ1v) is 14.4. The summed E-state index contributed by atoms with van der Waals surface area (Å²) in [6, 6.07) is 0. The average molecular weight is 474 g/mol. The highest BCUT2D eigenvalue weighted by molar-refractivity contribution is 7.99. The largest absolute Gasteiger partial charge is 0.477 e. The minimum Gasteiger partial charge on any atom is -0.477 e. The van der Waals surface area contributed by atoms with E-state index in [2.05, 4.69) is 12.2 Å². The number of aliphatic carboxylic acids is 1. The Bertz CT molecular complexity index is 458. The van der Waals surface area contributed by atoms with E-state index in [-0.39, 0.29) is 12.5 Å². The third-order valence-electron chi connectivity index (χ3n) is 5.91. The quantitative estimate of drug-likeness (QED) is 0.128. The van der Waals surface area contributed by atoms with Gasteiger partial charge in [-0.3, -0.25) is 4.79 Å². The van der Waals surface area contributed by atoms with Gasteiger partial charge in [0.1, 0.15) is 0 Å². The van der Waals surface area contributed by atoms with E-state index in [4.69, 9.17) is 5.11 Å². The highest BCUT2D eigenvalue weighted by Gasteiger charge is 2.18. The maximum Gasteiger partial charge on any atom is 0.359 e. The number of carbonyl (C=O) groups excluding carboxylic acids is 1. The molecule has 0 atom stereocenters. The maximum absolute atomic E-state index is 11.9. The van der Waals surface area contributed by atoms with Crippen LogP contribution in [0.1, 0.15) is 110 Å². The zero-order valence-corrected chi connectivity index (χ0v) is 22.3. The predicted octanol–water partition coefficient (Wildman–Crippen LogP) is 6.26. The van der Waals surface area contributed by atoms with Gasteiger partial charge in [-0.1, -0.05) is 77.6 Å². The number of likely N-dealkylation sites (N-methyl/N-ethyl adjacent to an activating group) is 1. The van der Waals surface area contributed by atoms with Crippen LogP contribution < -0.4 is 5.32 Å². The highest BCUT2D eigenvalue weighted by Crippen LogP contribution is 2.14. The number of hydrogen-bond acceptors (Lipinski definition) is 3. The van der Waals surface area contributed by atoms with Crippen LogP contribution in [-0.4, -0.2) is 66.7 Å². The smallest absolute Gasteiger partial charge is 0.359 e. The fraction of sp³-hybridized carbons (Fsp3) is 0.923. The summed E-state index contributed by atoms with van der Waals surface area (Å²) in [7, 11) is 3.82. The van der Waals surface area contributed by atoms with E-state index < -0.39 is 5.97 Å². The van der Waals surface area contributed by atoms with Crippen molar-refractivity contribution in [3.8, 4) is 0 Å². The number of thioether (sulfide) groups is 1. The van der Waals surface area contributed by atoms with Gasteiger partial charge < -0.3 is 14.9 Å². The Balaban J connectivity index is 3.28. The summed E-state index contributed by atoms with van der Waals surface area (Å²) in [5, 5.41) is 11.8. The maximum atomic E-state index is 11.9. The van der Waals surface area contributed by atoms with Crippen molar-refractivity contribution >= 4 is 23.6 Å². The summed E-state index contributed by atoms with van der Waals surface area (Å²) >= 11 is 2.03. The summed E-state index contributed by atoms with van der Waals surface area (Å²) < 4.78 is 0.446. The Hall–Kier alpha value is -0.750. The van der Waals surface area contributed by atoms with Gasteiger partial charge in [0, 0.05) is 19.4 Å². The summed E-state index contributed by atoms with van der Waals surface area (Å²) in [6.07, 6.45) is 20.3. The van der Waals surface area contributed by atoms with Crippen molar-refractivity contribution in [3.05, 3.63) is 0 Å². The van der Waals surface area contributed by atoms with Gasteiger partial charge >= 0.3 is 5.97 Å². The van der Waals surface area contributed by atoms with Gasteiger partial charge in [0.15, 0.2) is 6.54 Å². The van der Waals surface area contributed by atoms with E-state index in [1.807, 2.05) is 25.9 Å². The van der Waals surface area contributed by atoms with Crippen LogP contribution in [0.5, 0.6) is 0 Å². The van der Waals surface area contributed by atoms with E-state index in [0.29, 0.717) is 17.4 Å². The molecule has 0 unspecified atom stereocenters. The fourth-order valence-corrected chi connectivity index (χ4v) is 4.93. The minimum absolute atomic E-state index is 0.116. The number of hydrogen-bond donors (Lipinski definition) is 2. The lowest BCUT2D eigenvalue weighted by molar-refractivity contribution is -0.883. The molecule has 0 aliphatic heterocycles. The SMILES string of the molecule is CCCCCCCCCCCCCCSCCCCC(=O)NCCC[N+](C)(C)CC(=O)O. The number of nitrogens with one attached hydrogen (secondary N) is 1. The lowest BCUT2D eigenvalue weighted by Gasteiger charge is -2.27. The van der Waals surface area contributed by atoms with E-state index in [1.54, 1.807) is 0 Å². The predicted molar refractivity (Wildman–Crippen MR) is 139 cm³/mol. The van der Waals surface area contributed by atoms with Crippen molar-refractivity contribution < 1.29 is 19.2 Å². The molecule has 0 aliphatic carbocycles. The van der Waals surface area contributed by atoms with E-state index in [9.17, 15) is 9.59 Å². The van der Waals surface area contributed by atoms with Gasteiger partial charge in [-0.15, -0.1) is 0 Å². The van der Waals surface area contributed by atoms with Gasteiger partial charge in [0.05, 0.1) is 20.6 Å². The molecule has 0 aliphatic rings. The molecular formula is C26H53N2O3S+. The molecule has 0 radical (unpaired) electrons. The molecule has 6 heteroatoms. The van der Waals surface area contributed by atoms with Crippen molar-refractivity contribution in [2.24, 2.45) is 0 Å². The Labute approximate surface area is 203 Å². The van der Waals surface area contributed by atoms with Crippen molar-refractivity contribution in [1.29, 1.82) is 0 Å². The summed E-state index contributed by atoms with van der Waals surface area (Å²) in [5.41, 5.74) is 0. The van der Waals surface area contributed by atoms with Gasteiger partial charge in [0.2, 0.25) is 5.91 Å². The number of carboxylic acids is 1. The standard InChI is InChI=1S/C26H52N2O3S/c1-4-5-6-7-8-9-10-11-12-13-14-16-22-32-23-17-15-19-25(29)27-20-18-21-28(2,3)24-26(30)31/h4-24H2,1-3H3,(H-,27,29,30,31)/p+1. The Morgan fingerprint density at radius 2 is 1.25 bits per heavy atom. The van der Waals surface area contributed by atoms with E-state index in [0.717, 1.165) is 31.6 Å². The number of quaternary nitrogens is 1. The Kier molecular flexibility index (Phi) is 21.5. The Morgan fingerprint density at radius 3 is 1.78 bits per heavy atom. The molecule has 0 rings (SSSR count). The number of rotatable bonds is 24. The zero-order valence-electron chi connectivity index (χ0n) is 21.5. The molecule has 5 nitrogen and oxygen atoms in total. The van der Waals surface area contributed by atoms with Gasteiger partial charge in [-0.05, 0) is 30.8 Å². The molecule has 0 saturated heterocycles. The summed E-state index contributed by atoms with van der Waals surface area (Å²) in [6.45, 7) is 3.78. The van der Waals surface area contributed by atoms with Crippen LogP contribution in [0.3, 0.4) is 0 Å². The third-order valence-corrected chi connectivity index (χ3v) is 7.07. The molecule has 0 aromatic rings. The summed E-state index contributed by atoms with van der Waals surface area (Å²) in [4.78, 5) is 22.7. The number of nitrogens with zero attached hydrogens (tertiary/aromatic N) is 1. The second-order valence-electron chi connectivity index (χ2n) is 9.87. The second-order valence-corrected chi connectivity index (χ2v) is 11.1. The molecular weight excluding hydrogens is 420 g/mol. The molecule has 0 aromatic heterocycles. The van der Waals surface area contributed by atoms with Crippen LogP contribution in [0.15, 0.2) is 0 Å². The molecule has 2 N–H and O–H groups in total. The molecule has 0 fully saturated rings. The highest BCUT2D eigenvalue weighted by atomic mass is 32.2. The van der Waals surface area contributed by atoms with Gasteiger partial charge in [-0.2, -0.15) is 11.8 Å². The molecule has 0 aromatic carbocycles. The van der Waals surface area contributed by atoms with E-state index >= 15 is 0 Å².